The van der Waals surface area contributed by atoms with Crippen molar-refractivity contribution in [3.8, 4) is 0 Å². The second-order valence-electron chi connectivity index (χ2n) is 8.08. The summed E-state index contributed by atoms with van der Waals surface area (Å²) < 4.78 is 5.55. The van der Waals surface area contributed by atoms with Gasteiger partial charge < -0.3 is 9.64 Å². The first-order valence-electron chi connectivity index (χ1n) is 10.1. The van der Waals surface area contributed by atoms with Gasteiger partial charge in [0.1, 0.15) is 5.60 Å². The van der Waals surface area contributed by atoms with Gasteiger partial charge in [-0.3, -0.25) is 0 Å². The van der Waals surface area contributed by atoms with E-state index in [1.54, 1.807) is 0 Å². The molecule has 0 aromatic rings. The maximum atomic E-state index is 12.4. The third-order valence-electron chi connectivity index (χ3n) is 4.51. The first-order valence-corrected chi connectivity index (χ1v) is 10.1. The molecule has 0 aromatic carbocycles. The van der Waals surface area contributed by atoms with Crippen molar-refractivity contribution < 1.29 is 9.53 Å². The molecule has 1 aliphatic rings. The van der Waals surface area contributed by atoms with Crippen LogP contribution in [0.4, 0.5) is 4.79 Å². The Kier molecular flexibility index (Phi) is 10.1. The number of likely N-dealkylation sites (tertiary alicyclic amines) is 1. The Bertz CT molecular complexity index is 371. The van der Waals surface area contributed by atoms with Gasteiger partial charge in [0.2, 0.25) is 0 Å². The Morgan fingerprint density at radius 3 is 2.42 bits per heavy atom. The molecule has 3 heteroatoms. The van der Waals surface area contributed by atoms with Gasteiger partial charge in [-0.05, 0) is 52.9 Å². The lowest BCUT2D eigenvalue weighted by atomic mass is 10.0. The summed E-state index contributed by atoms with van der Waals surface area (Å²) >= 11 is 0. The van der Waals surface area contributed by atoms with Crippen LogP contribution in [-0.4, -0.2) is 29.2 Å². The van der Waals surface area contributed by atoms with Gasteiger partial charge in [0.25, 0.3) is 0 Å². The lowest BCUT2D eigenvalue weighted by molar-refractivity contribution is 0.0149. The van der Waals surface area contributed by atoms with E-state index in [2.05, 4.69) is 19.1 Å². The van der Waals surface area contributed by atoms with Crippen molar-refractivity contribution in [3.63, 3.8) is 0 Å². The number of allylic oxidation sites excluding steroid dienone is 1. The second-order valence-corrected chi connectivity index (χ2v) is 8.08. The molecule has 1 rings (SSSR count). The Morgan fingerprint density at radius 2 is 1.75 bits per heavy atom. The molecule has 0 radical (unpaired) electrons. The summed E-state index contributed by atoms with van der Waals surface area (Å²) in [7, 11) is 0. The first-order chi connectivity index (χ1) is 11.4. The van der Waals surface area contributed by atoms with Crippen molar-refractivity contribution in [2.45, 2.75) is 110 Å². The number of amides is 1. The third kappa shape index (κ3) is 9.34. The van der Waals surface area contributed by atoms with Gasteiger partial charge in [0.15, 0.2) is 0 Å². The first kappa shape index (κ1) is 21.1. The monoisotopic (exact) mass is 337 g/mol. The lowest BCUT2D eigenvalue weighted by Crippen LogP contribution is -2.45. The van der Waals surface area contributed by atoms with E-state index in [1.165, 1.54) is 51.4 Å². The number of nitrogens with zero attached hydrogens (tertiary/aromatic N) is 1. The average molecular weight is 338 g/mol. The molecule has 1 saturated heterocycles. The van der Waals surface area contributed by atoms with Gasteiger partial charge >= 0.3 is 6.09 Å². The van der Waals surface area contributed by atoms with Gasteiger partial charge in [0, 0.05) is 6.54 Å². The predicted molar refractivity (Wildman–Crippen MR) is 102 cm³/mol. The maximum absolute atomic E-state index is 12.4. The van der Waals surface area contributed by atoms with Gasteiger partial charge in [-0.2, -0.15) is 0 Å². The molecule has 1 atom stereocenters. The number of unbranched alkanes of at least 4 members (excludes halogenated alkanes) is 7. The molecule has 1 aliphatic heterocycles. The van der Waals surface area contributed by atoms with E-state index in [-0.39, 0.29) is 12.1 Å². The van der Waals surface area contributed by atoms with E-state index < -0.39 is 5.60 Å². The number of rotatable bonds is 9. The highest BCUT2D eigenvalue weighted by Gasteiger charge is 2.28. The smallest absolute Gasteiger partial charge is 0.410 e. The van der Waals surface area contributed by atoms with Crippen LogP contribution < -0.4 is 0 Å². The standard InChI is InChI=1S/C21H39NO2/c1-5-6-7-8-9-10-11-12-13-16-19-17-14-15-18-22(19)20(23)24-21(2,3)4/h13,16,19H,5-12,14-15,17-18H2,1-4H3/b16-13+. The minimum absolute atomic E-state index is 0.159. The molecule has 1 amide bonds. The summed E-state index contributed by atoms with van der Waals surface area (Å²) in [4.78, 5) is 14.3. The summed E-state index contributed by atoms with van der Waals surface area (Å²) in [6, 6.07) is 0.221. The van der Waals surface area contributed by atoms with Crippen LogP contribution in [0.2, 0.25) is 0 Å². The largest absolute Gasteiger partial charge is 0.444 e. The number of carbonyl (C=O) groups excluding carboxylic acids is 1. The molecule has 0 saturated carbocycles. The molecular formula is C21H39NO2. The Hall–Kier alpha value is -0.990. The van der Waals surface area contributed by atoms with Crippen LogP contribution in [-0.2, 0) is 4.74 Å². The summed E-state index contributed by atoms with van der Waals surface area (Å²) in [6.45, 7) is 8.87. The van der Waals surface area contributed by atoms with Crippen molar-refractivity contribution in [3.05, 3.63) is 12.2 Å². The summed E-state index contributed by atoms with van der Waals surface area (Å²) in [5.41, 5.74) is -0.416. The molecule has 24 heavy (non-hydrogen) atoms. The minimum atomic E-state index is -0.416. The number of hydrogen-bond acceptors (Lipinski definition) is 2. The summed E-state index contributed by atoms with van der Waals surface area (Å²) in [6.07, 6.45) is 18.3. The zero-order valence-electron chi connectivity index (χ0n) is 16.5. The summed E-state index contributed by atoms with van der Waals surface area (Å²) in [5, 5.41) is 0. The van der Waals surface area contributed by atoms with E-state index in [9.17, 15) is 4.79 Å². The van der Waals surface area contributed by atoms with Crippen molar-refractivity contribution in [2.24, 2.45) is 0 Å². The van der Waals surface area contributed by atoms with Crippen LogP contribution in [0, 0.1) is 0 Å². The Labute approximate surface area is 149 Å². The molecular weight excluding hydrogens is 298 g/mol. The number of piperidine rings is 1. The van der Waals surface area contributed by atoms with Crippen molar-refractivity contribution in [1.82, 2.24) is 4.90 Å². The molecule has 1 fully saturated rings. The van der Waals surface area contributed by atoms with Crippen LogP contribution in [0.25, 0.3) is 0 Å². The second kappa shape index (κ2) is 11.5. The van der Waals surface area contributed by atoms with Crippen LogP contribution in [0.1, 0.15) is 98.3 Å². The van der Waals surface area contributed by atoms with Gasteiger partial charge in [-0.25, -0.2) is 4.79 Å². The zero-order chi connectivity index (χ0) is 17.8. The minimum Gasteiger partial charge on any atom is -0.444 e. The van der Waals surface area contributed by atoms with Crippen molar-refractivity contribution >= 4 is 6.09 Å². The molecule has 3 nitrogen and oxygen atoms in total. The molecule has 1 unspecified atom stereocenters. The quantitative estimate of drug-likeness (QED) is 0.356. The van der Waals surface area contributed by atoms with Crippen LogP contribution in [0.3, 0.4) is 0 Å². The normalized spacial score (nSPS) is 19.0. The zero-order valence-corrected chi connectivity index (χ0v) is 16.5. The van der Waals surface area contributed by atoms with Crippen molar-refractivity contribution in [2.75, 3.05) is 6.54 Å². The van der Waals surface area contributed by atoms with Gasteiger partial charge in [0.05, 0.1) is 6.04 Å². The van der Waals surface area contributed by atoms with E-state index >= 15 is 0 Å². The topological polar surface area (TPSA) is 29.5 Å². The van der Waals surface area contributed by atoms with Gasteiger partial charge in [-0.15, -0.1) is 0 Å². The average Bonchev–Trinajstić information content (AvgIpc) is 2.52. The van der Waals surface area contributed by atoms with Crippen molar-refractivity contribution in [1.29, 1.82) is 0 Å². The lowest BCUT2D eigenvalue weighted by Gasteiger charge is -2.35. The molecule has 0 aromatic heterocycles. The highest BCUT2D eigenvalue weighted by Crippen LogP contribution is 2.21. The maximum Gasteiger partial charge on any atom is 0.410 e. The molecule has 0 aliphatic carbocycles. The predicted octanol–water partition coefficient (Wildman–Crippen LogP) is 6.47. The van der Waals surface area contributed by atoms with Crippen LogP contribution >= 0.6 is 0 Å². The Balaban J connectivity index is 2.28. The molecule has 0 spiro atoms. The van der Waals surface area contributed by atoms with E-state index in [0.29, 0.717) is 0 Å². The molecule has 0 bridgehead atoms. The van der Waals surface area contributed by atoms with Gasteiger partial charge in [-0.1, -0.05) is 57.6 Å². The number of ether oxygens (including phenoxy) is 1. The van der Waals surface area contributed by atoms with Crippen LogP contribution in [0.5, 0.6) is 0 Å². The molecule has 0 N–H and O–H groups in total. The molecule has 1 heterocycles. The molecule has 140 valence electrons. The number of hydrogen-bond donors (Lipinski definition) is 0. The highest BCUT2D eigenvalue weighted by molar-refractivity contribution is 5.69. The summed E-state index contributed by atoms with van der Waals surface area (Å²) in [5.74, 6) is 0. The fourth-order valence-electron chi connectivity index (χ4n) is 3.18. The van der Waals surface area contributed by atoms with Crippen LogP contribution in [0.15, 0.2) is 12.2 Å². The van der Waals surface area contributed by atoms with E-state index in [4.69, 9.17) is 4.74 Å². The Morgan fingerprint density at radius 1 is 1.08 bits per heavy atom. The highest BCUT2D eigenvalue weighted by atomic mass is 16.6. The fraction of sp³-hybridized carbons (Fsp3) is 0.857. The SMILES string of the molecule is CCCCCCCCC/C=C/C1CCCCN1C(=O)OC(C)(C)C. The van der Waals surface area contributed by atoms with E-state index in [1.807, 2.05) is 25.7 Å². The number of carbonyl (C=O) groups is 1. The fourth-order valence-corrected chi connectivity index (χ4v) is 3.18. The van der Waals surface area contributed by atoms with E-state index in [0.717, 1.165) is 25.8 Å². The third-order valence-corrected chi connectivity index (χ3v) is 4.51.